The minimum absolute atomic E-state index is 0.326. The summed E-state index contributed by atoms with van der Waals surface area (Å²) in [5.74, 6) is 0.950. The Morgan fingerprint density at radius 2 is 2.11 bits per heavy atom. The third-order valence-corrected chi connectivity index (χ3v) is 3.52. The zero-order valence-corrected chi connectivity index (χ0v) is 11.1. The summed E-state index contributed by atoms with van der Waals surface area (Å²) < 4.78 is 16.4. The van der Waals surface area contributed by atoms with Crippen molar-refractivity contribution in [2.24, 2.45) is 0 Å². The molecule has 0 saturated carbocycles. The van der Waals surface area contributed by atoms with Crippen molar-refractivity contribution >= 4 is 5.69 Å². The number of nitrogens with zero attached hydrogens (tertiary/aromatic N) is 1. The summed E-state index contributed by atoms with van der Waals surface area (Å²) in [5, 5.41) is 0. The van der Waals surface area contributed by atoms with Crippen LogP contribution in [0.3, 0.4) is 0 Å². The quantitative estimate of drug-likeness (QED) is 0.817. The zero-order valence-electron chi connectivity index (χ0n) is 11.1. The first kappa shape index (κ1) is 12.7. The number of nitrogens with two attached hydrogens (primary N) is 1. The maximum atomic E-state index is 5.96. The van der Waals surface area contributed by atoms with Gasteiger partial charge in [0.05, 0.1) is 13.2 Å². The van der Waals surface area contributed by atoms with Crippen LogP contribution in [0.25, 0.3) is 0 Å². The van der Waals surface area contributed by atoms with E-state index in [1.54, 1.807) is 0 Å². The summed E-state index contributed by atoms with van der Waals surface area (Å²) in [4.78, 5) is 2.39. The van der Waals surface area contributed by atoms with E-state index in [2.05, 4.69) is 4.90 Å². The number of fused-ring (bicyclic) bond motifs is 1. The fourth-order valence-corrected chi connectivity index (χ4v) is 2.64. The van der Waals surface area contributed by atoms with Crippen molar-refractivity contribution in [1.82, 2.24) is 4.90 Å². The molecule has 1 fully saturated rings. The first-order valence-electron chi connectivity index (χ1n) is 6.75. The molecule has 0 radical (unpaired) electrons. The van der Waals surface area contributed by atoms with Crippen LogP contribution in [-0.2, 0) is 22.6 Å². The molecule has 0 unspecified atom stereocenters. The molecule has 0 bridgehead atoms. The molecular weight excluding hydrogens is 244 g/mol. The van der Waals surface area contributed by atoms with Gasteiger partial charge in [-0.25, -0.2) is 0 Å². The summed E-state index contributed by atoms with van der Waals surface area (Å²) in [6.45, 7) is 5.44. The van der Waals surface area contributed by atoms with Crippen LogP contribution in [0.2, 0.25) is 0 Å². The predicted octanol–water partition coefficient (Wildman–Crippen LogP) is 1.36. The molecule has 1 aromatic rings. The maximum absolute atomic E-state index is 5.96. The molecule has 5 heteroatoms. The summed E-state index contributed by atoms with van der Waals surface area (Å²) in [6, 6.07) is 3.94. The van der Waals surface area contributed by atoms with Crippen LogP contribution in [0.1, 0.15) is 17.5 Å². The van der Waals surface area contributed by atoms with Gasteiger partial charge < -0.3 is 19.9 Å². The van der Waals surface area contributed by atoms with Crippen LogP contribution >= 0.6 is 0 Å². The van der Waals surface area contributed by atoms with Gasteiger partial charge in [-0.15, -0.1) is 0 Å². The molecule has 3 rings (SSSR count). The van der Waals surface area contributed by atoms with Gasteiger partial charge in [0.25, 0.3) is 0 Å². The number of benzene rings is 1. The fourth-order valence-electron chi connectivity index (χ4n) is 2.64. The lowest BCUT2D eigenvalue weighted by atomic mass is 10.1. The van der Waals surface area contributed by atoms with E-state index < -0.39 is 0 Å². The van der Waals surface area contributed by atoms with Crippen LogP contribution in [0.5, 0.6) is 5.75 Å². The normalized spacial score (nSPS) is 20.4. The Morgan fingerprint density at radius 3 is 3.05 bits per heavy atom. The zero-order chi connectivity index (χ0) is 13.1. The van der Waals surface area contributed by atoms with Gasteiger partial charge in [0.1, 0.15) is 5.75 Å². The van der Waals surface area contributed by atoms with E-state index in [1.807, 2.05) is 12.1 Å². The summed E-state index contributed by atoms with van der Waals surface area (Å²) in [5.41, 5.74) is 8.94. The van der Waals surface area contributed by atoms with Crippen molar-refractivity contribution in [1.29, 1.82) is 0 Å². The molecular formula is C14H20N2O3. The van der Waals surface area contributed by atoms with Crippen LogP contribution in [0.4, 0.5) is 5.69 Å². The average molecular weight is 264 g/mol. The van der Waals surface area contributed by atoms with Crippen LogP contribution in [0, 0.1) is 0 Å². The number of anilines is 1. The highest BCUT2D eigenvalue weighted by atomic mass is 16.7. The summed E-state index contributed by atoms with van der Waals surface area (Å²) >= 11 is 0. The number of ether oxygens (including phenoxy) is 3. The van der Waals surface area contributed by atoms with Gasteiger partial charge in [0.15, 0.2) is 6.79 Å². The van der Waals surface area contributed by atoms with Crippen LogP contribution in [0.15, 0.2) is 12.1 Å². The van der Waals surface area contributed by atoms with Gasteiger partial charge >= 0.3 is 0 Å². The second kappa shape index (κ2) is 5.77. The van der Waals surface area contributed by atoms with Gasteiger partial charge in [-0.1, -0.05) is 0 Å². The Morgan fingerprint density at radius 1 is 1.16 bits per heavy atom. The van der Waals surface area contributed by atoms with E-state index in [0.717, 1.165) is 61.8 Å². The van der Waals surface area contributed by atoms with E-state index in [9.17, 15) is 0 Å². The van der Waals surface area contributed by atoms with E-state index in [0.29, 0.717) is 13.4 Å². The Hall–Kier alpha value is -1.30. The largest absolute Gasteiger partial charge is 0.467 e. The van der Waals surface area contributed by atoms with E-state index in [1.165, 1.54) is 0 Å². The molecule has 2 N–H and O–H groups in total. The Balaban J connectivity index is 1.81. The number of hydrogen-bond acceptors (Lipinski definition) is 5. The lowest BCUT2D eigenvalue weighted by molar-refractivity contribution is -0.0174. The maximum Gasteiger partial charge on any atom is 0.189 e. The van der Waals surface area contributed by atoms with Crippen molar-refractivity contribution in [2.45, 2.75) is 19.6 Å². The number of hydrogen-bond donors (Lipinski definition) is 1. The molecule has 5 nitrogen and oxygen atoms in total. The van der Waals surface area contributed by atoms with Crippen LogP contribution < -0.4 is 10.5 Å². The van der Waals surface area contributed by atoms with Crippen molar-refractivity contribution in [3.8, 4) is 5.75 Å². The predicted molar refractivity (Wildman–Crippen MR) is 71.9 cm³/mol. The van der Waals surface area contributed by atoms with Crippen molar-refractivity contribution < 1.29 is 14.2 Å². The lowest BCUT2D eigenvalue weighted by Crippen LogP contribution is -2.27. The van der Waals surface area contributed by atoms with Gasteiger partial charge in [-0.05, 0) is 18.6 Å². The summed E-state index contributed by atoms with van der Waals surface area (Å²) in [7, 11) is 0. The molecule has 1 saturated heterocycles. The summed E-state index contributed by atoms with van der Waals surface area (Å²) in [6.07, 6.45) is 1.08. The number of rotatable bonds is 2. The Labute approximate surface area is 113 Å². The molecule has 2 heterocycles. The Kier molecular flexibility index (Phi) is 3.87. The molecule has 0 atom stereocenters. The monoisotopic (exact) mass is 264 g/mol. The SMILES string of the molecule is Nc1cc2c(c(CN3CCCOCC3)c1)OCOC2. The van der Waals surface area contributed by atoms with E-state index in [-0.39, 0.29) is 0 Å². The van der Waals surface area contributed by atoms with Crippen molar-refractivity contribution in [2.75, 3.05) is 38.8 Å². The molecule has 2 aliphatic heterocycles. The van der Waals surface area contributed by atoms with Gasteiger partial charge in [-0.3, -0.25) is 4.90 Å². The molecule has 0 aliphatic carbocycles. The van der Waals surface area contributed by atoms with Gasteiger partial charge in [-0.2, -0.15) is 0 Å². The molecule has 2 aliphatic rings. The lowest BCUT2D eigenvalue weighted by Gasteiger charge is -2.25. The smallest absolute Gasteiger partial charge is 0.189 e. The van der Waals surface area contributed by atoms with E-state index >= 15 is 0 Å². The van der Waals surface area contributed by atoms with Gasteiger partial charge in [0.2, 0.25) is 0 Å². The molecule has 104 valence electrons. The third kappa shape index (κ3) is 3.00. The minimum atomic E-state index is 0.326. The second-order valence-electron chi connectivity index (χ2n) is 5.02. The molecule has 1 aromatic carbocycles. The van der Waals surface area contributed by atoms with Crippen molar-refractivity contribution in [3.05, 3.63) is 23.3 Å². The average Bonchev–Trinajstić information content (AvgIpc) is 2.67. The van der Waals surface area contributed by atoms with Gasteiger partial charge in [0, 0.05) is 43.1 Å². The molecule has 0 amide bonds. The standard InChI is InChI=1S/C14H20N2O3/c15-13-6-11(8-16-2-1-4-17-5-3-16)14-12(7-13)9-18-10-19-14/h6-7H,1-5,8-10,15H2. The highest BCUT2D eigenvalue weighted by molar-refractivity contribution is 5.53. The molecule has 0 spiro atoms. The fraction of sp³-hybridized carbons (Fsp3) is 0.571. The highest BCUT2D eigenvalue weighted by Crippen LogP contribution is 2.31. The molecule has 19 heavy (non-hydrogen) atoms. The third-order valence-electron chi connectivity index (χ3n) is 3.52. The highest BCUT2D eigenvalue weighted by Gasteiger charge is 2.18. The minimum Gasteiger partial charge on any atom is -0.467 e. The molecule has 0 aromatic heterocycles. The van der Waals surface area contributed by atoms with Crippen molar-refractivity contribution in [3.63, 3.8) is 0 Å². The topological polar surface area (TPSA) is 57.0 Å². The first-order chi connectivity index (χ1) is 9.33. The van der Waals surface area contributed by atoms with E-state index in [4.69, 9.17) is 19.9 Å². The van der Waals surface area contributed by atoms with Crippen LogP contribution in [-0.4, -0.2) is 38.0 Å². The Bertz CT molecular complexity index is 443. The first-order valence-corrected chi connectivity index (χ1v) is 6.75. The second-order valence-corrected chi connectivity index (χ2v) is 5.02. The number of nitrogen functional groups attached to an aromatic ring is 1.